The zero-order valence-electron chi connectivity index (χ0n) is 11.3. The van der Waals surface area contributed by atoms with Crippen LogP contribution in [0, 0.1) is 5.92 Å². The quantitative estimate of drug-likeness (QED) is 0.785. The molecule has 3 aliphatic heterocycles. The lowest BCUT2D eigenvalue weighted by Crippen LogP contribution is -2.65. The van der Waals surface area contributed by atoms with Crippen molar-refractivity contribution in [2.24, 2.45) is 5.92 Å². The molecule has 3 saturated heterocycles. The normalized spacial score (nSPS) is 38.0. The maximum absolute atomic E-state index is 10.5. The molecule has 0 spiro atoms. The summed E-state index contributed by atoms with van der Waals surface area (Å²) in [7, 11) is 1.63. The van der Waals surface area contributed by atoms with Crippen molar-refractivity contribution < 1.29 is 24.0 Å². The molecule has 0 aliphatic carbocycles. The molecule has 3 aliphatic rings. The van der Waals surface area contributed by atoms with Crippen LogP contribution in [0.25, 0.3) is 0 Å². The highest BCUT2D eigenvalue weighted by molar-refractivity contribution is 6.67. The first kappa shape index (κ1) is 12.6. The van der Waals surface area contributed by atoms with Crippen molar-refractivity contribution in [3.63, 3.8) is 0 Å². The molecule has 0 saturated carbocycles. The van der Waals surface area contributed by atoms with Crippen LogP contribution in [0.3, 0.4) is 0 Å². The van der Waals surface area contributed by atoms with E-state index in [0.717, 1.165) is 17.6 Å². The second-order valence-electron chi connectivity index (χ2n) is 5.64. The van der Waals surface area contributed by atoms with E-state index in [9.17, 15) is 5.02 Å². The SMILES string of the molecule is COc1ccc(B(O)C2O[C@H]3[C@H]4OC[C@H](C[C@H]23)O4)cc1. The monoisotopic (exact) mass is 276 g/mol. The molecule has 20 heavy (non-hydrogen) atoms. The molecule has 1 aromatic rings. The summed E-state index contributed by atoms with van der Waals surface area (Å²) in [4.78, 5) is 0. The second kappa shape index (κ2) is 4.74. The minimum Gasteiger partial charge on any atom is -0.497 e. The van der Waals surface area contributed by atoms with Gasteiger partial charge in [-0.3, -0.25) is 0 Å². The summed E-state index contributed by atoms with van der Waals surface area (Å²) in [6.45, 7) is 0.0338. The number of methoxy groups -OCH3 is 1. The van der Waals surface area contributed by atoms with Gasteiger partial charge >= 0.3 is 6.92 Å². The lowest BCUT2D eigenvalue weighted by atomic mass is 9.49. The molecule has 4 rings (SSSR count). The third-order valence-corrected chi connectivity index (χ3v) is 4.50. The van der Waals surface area contributed by atoms with Crippen LogP contribution in [0.15, 0.2) is 24.3 Å². The van der Waals surface area contributed by atoms with E-state index in [1.165, 1.54) is 0 Å². The maximum atomic E-state index is 10.5. The topological polar surface area (TPSA) is 57.2 Å². The molecular weight excluding hydrogens is 259 g/mol. The zero-order valence-corrected chi connectivity index (χ0v) is 11.3. The predicted molar refractivity (Wildman–Crippen MR) is 72.0 cm³/mol. The van der Waals surface area contributed by atoms with E-state index < -0.39 is 6.92 Å². The van der Waals surface area contributed by atoms with Gasteiger partial charge in [0.2, 0.25) is 0 Å². The minimum atomic E-state index is -0.611. The van der Waals surface area contributed by atoms with E-state index in [2.05, 4.69) is 0 Å². The summed E-state index contributed by atoms with van der Waals surface area (Å²) in [5, 5.41) is 10.5. The van der Waals surface area contributed by atoms with Crippen molar-refractivity contribution in [3.05, 3.63) is 24.3 Å². The van der Waals surface area contributed by atoms with Crippen molar-refractivity contribution in [1.29, 1.82) is 0 Å². The van der Waals surface area contributed by atoms with Crippen LogP contribution in [-0.2, 0) is 14.2 Å². The van der Waals surface area contributed by atoms with Crippen molar-refractivity contribution in [2.45, 2.75) is 30.9 Å². The van der Waals surface area contributed by atoms with Gasteiger partial charge in [0.15, 0.2) is 6.29 Å². The van der Waals surface area contributed by atoms with Crippen LogP contribution < -0.4 is 10.2 Å². The molecule has 106 valence electrons. The molecule has 0 aromatic heterocycles. The van der Waals surface area contributed by atoms with Gasteiger partial charge in [-0.1, -0.05) is 12.1 Å². The van der Waals surface area contributed by atoms with E-state index in [1.54, 1.807) is 7.11 Å². The molecule has 5 atom stereocenters. The van der Waals surface area contributed by atoms with Crippen LogP contribution >= 0.6 is 0 Å². The van der Waals surface area contributed by atoms with E-state index in [4.69, 9.17) is 18.9 Å². The fourth-order valence-corrected chi connectivity index (χ4v) is 3.38. The summed E-state index contributed by atoms with van der Waals surface area (Å²) >= 11 is 0. The maximum Gasteiger partial charge on any atom is 0.354 e. The van der Waals surface area contributed by atoms with E-state index in [-0.39, 0.29) is 24.5 Å². The Balaban J connectivity index is 1.48. The molecule has 3 fully saturated rings. The first-order valence-electron chi connectivity index (χ1n) is 7.01. The average Bonchev–Trinajstić information content (AvgIpc) is 2.87. The van der Waals surface area contributed by atoms with Gasteiger partial charge in [0.05, 0.1) is 25.8 Å². The molecule has 1 unspecified atom stereocenters. The Labute approximate surface area is 117 Å². The summed E-state index contributed by atoms with van der Waals surface area (Å²) in [5.41, 5.74) is 0.856. The van der Waals surface area contributed by atoms with Crippen LogP contribution in [-0.4, -0.2) is 50.2 Å². The van der Waals surface area contributed by atoms with Gasteiger partial charge in [0.25, 0.3) is 0 Å². The third-order valence-electron chi connectivity index (χ3n) is 4.50. The second-order valence-corrected chi connectivity index (χ2v) is 5.64. The fourth-order valence-electron chi connectivity index (χ4n) is 3.38. The van der Waals surface area contributed by atoms with E-state index >= 15 is 0 Å². The highest BCUT2D eigenvalue weighted by Gasteiger charge is 2.58. The average molecular weight is 276 g/mol. The Hall–Kier alpha value is -1.08. The number of hydrogen-bond acceptors (Lipinski definition) is 5. The largest absolute Gasteiger partial charge is 0.497 e. The molecule has 1 N–H and O–H groups in total. The van der Waals surface area contributed by atoms with Crippen molar-refractivity contribution in [3.8, 4) is 5.75 Å². The van der Waals surface area contributed by atoms with Gasteiger partial charge in [-0.05, 0) is 24.0 Å². The van der Waals surface area contributed by atoms with E-state index in [1.807, 2.05) is 24.3 Å². The first-order chi connectivity index (χ1) is 9.76. The van der Waals surface area contributed by atoms with Crippen molar-refractivity contribution in [2.75, 3.05) is 13.7 Å². The van der Waals surface area contributed by atoms with Crippen LogP contribution in [0.1, 0.15) is 6.42 Å². The van der Waals surface area contributed by atoms with Gasteiger partial charge in [-0.15, -0.1) is 0 Å². The number of ether oxygens (including phenoxy) is 4. The minimum absolute atomic E-state index is 0.0216. The molecule has 0 radical (unpaired) electrons. The Bertz CT molecular complexity index is 493. The number of fused-ring (bicyclic) bond motifs is 4. The molecule has 5 nitrogen and oxygen atoms in total. The first-order valence-corrected chi connectivity index (χ1v) is 7.01. The highest BCUT2D eigenvalue weighted by atomic mass is 16.7. The zero-order chi connectivity index (χ0) is 13.7. The van der Waals surface area contributed by atoms with Gasteiger partial charge in [0.1, 0.15) is 11.9 Å². The molecule has 1 aromatic carbocycles. The summed E-state index contributed by atoms with van der Waals surface area (Å²) in [5.74, 6) is 1.10. The summed E-state index contributed by atoms with van der Waals surface area (Å²) < 4.78 is 22.1. The number of hydrogen-bond donors (Lipinski definition) is 1. The van der Waals surface area contributed by atoms with E-state index in [0.29, 0.717) is 12.5 Å². The third kappa shape index (κ3) is 1.87. The van der Waals surface area contributed by atoms with Crippen molar-refractivity contribution in [1.82, 2.24) is 0 Å². The van der Waals surface area contributed by atoms with Gasteiger partial charge in [0, 0.05) is 5.92 Å². The molecule has 3 heterocycles. The van der Waals surface area contributed by atoms with Crippen LogP contribution in [0.5, 0.6) is 5.75 Å². The number of rotatable bonds is 3. The summed E-state index contributed by atoms with van der Waals surface area (Å²) in [6.07, 6.45) is 0.805. The lowest BCUT2D eigenvalue weighted by Gasteiger charge is -2.50. The Morgan fingerprint density at radius 1 is 1.25 bits per heavy atom. The smallest absolute Gasteiger partial charge is 0.354 e. The lowest BCUT2D eigenvalue weighted by molar-refractivity contribution is -0.276. The fraction of sp³-hybridized carbons (Fsp3) is 0.571. The van der Waals surface area contributed by atoms with Gasteiger partial charge in [-0.25, -0.2) is 0 Å². The van der Waals surface area contributed by atoms with Gasteiger partial charge < -0.3 is 24.0 Å². The number of benzene rings is 1. The molecule has 0 amide bonds. The highest BCUT2D eigenvalue weighted by Crippen LogP contribution is 2.44. The Kier molecular flexibility index (Phi) is 3.00. The predicted octanol–water partition coefficient (Wildman–Crippen LogP) is -0.0460. The Morgan fingerprint density at radius 2 is 2.05 bits per heavy atom. The van der Waals surface area contributed by atoms with Gasteiger partial charge in [-0.2, -0.15) is 0 Å². The van der Waals surface area contributed by atoms with Crippen LogP contribution in [0.4, 0.5) is 0 Å². The molecule has 2 bridgehead atoms. The van der Waals surface area contributed by atoms with Crippen LogP contribution in [0.2, 0.25) is 0 Å². The molecular formula is C14H17BO5. The summed E-state index contributed by atoms with van der Waals surface area (Å²) in [6, 6.07) is 7.30. The Morgan fingerprint density at radius 3 is 2.80 bits per heavy atom. The standard InChI is InChI=1S/C14H17BO5/c1-17-9-4-2-8(3-5-9)15(16)13-11-6-10-7-18-14(19-10)12(11)20-13/h2-5,10-14,16H,6-7H2,1H3/t10-,11-,12+,13?,14-/m0/s1. The molecule has 6 heteroatoms. The van der Waals surface area contributed by atoms with Crippen molar-refractivity contribution >= 4 is 12.4 Å².